The lowest BCUT2D eigenvalue weighted by Crippen LogP contribution is -2.52. The molecule has 8 heteroatoms. The van der Waals surface area contributed by atoms with Crippen LogP contribution in [0.5, 0.6) is 0 Å². The zero-order valence-corrected chi connectivity index (χ0v) is 17.3. The topological polar surface area (TPSA) is 60.9 Å². The van der Waals surface area contributed by atoms with Crippen molar-refractivity contribution >= 4 is 40.9 Å². The number of benzene rings is 2. The monoisotopic (exact) mass is 431 g/mol. The van der Waals surface area contributed by atoms with Crippen LogP contribution in [0.4, 0.5) is 0 Å². The number of likely N-dealkylation sites (N-methyl/N-ethyl adjacent to an activating group) is 1. The van der Waals surface area contributed by atoms with E-state index in [1.807, 2.05) is 37.4 Å². The first kappa shape index (κ1) is 19.9. The van der Waals surface area contributed by atoms with E-state index < -0.39 is 11.8 Å². The fraction of sp³-hybridized carbons (Fsp3) is 0.286. The molecule has 4 rings (SSSR count). The lowest BCUT2D eigenvalue weighted by molar-refractivity contribution is -0.136. The average molecular weight is 432 g/mol. The van der Waals surface area contributed by atoms with Crippen molar-refractivity contribution in [2.24, 2.45) is 0 Å². The summed E-state index contributed by atoms with van der Waals surface area (Å²) < 4.78 is 0. The first-order valence-corrected chi connectivity index (χ1v) is 10.0. The molecular formula is C21H19Cl2N3O3. The Labute approximate surface area is 178 Å². The van der Waals surface area contributed by atoms with E-state index >= 15 is 0 Å². The van der Waals surface area contributed by atoms with E-state index in [0.29, 0.717) is 13.1 Å². The molecule has 2 aromatic carbocycles. The summed E-state index contributed by atoms with van der Waals surface area (Å²) in [5, 5.41) is 0.394. The number of nitrogens with zero attached hydrogens (tertiary/aromatic N) is 3. The highest BCUT2D eigenvalue weighted by molar-refractivity contribution is 6.43. The molecule has 0 N–H and O–H groups in total. The molecule has 2 heterocycles. The predicted molar refractivity (Wildman–Crippen MR) is 110 cm³/mol. The maximum Gasteiger partial charge on any atom is 0.262 e. The Balaban J connectivity index is 1.57. The van der Waals surface area contributed by atoms with Gasteiger partial charge in [0.05, 0.1) is 27.2 Å². The summed E-state index contributed by atoms with van der Waals surface area (Å²) in [6, 6.07) is 12.4. The molecule has 2 aliphatic rings. The highest BCUT2D eigenvalue weighted by Crippen LogP contribution is 2.32. The van der Waals surface area contributed by atoms with Gasteiger partial charge < -0.3 is 9.80 Å². The summed E-state index contributed by atoms with van der Waals surface area (Å²) in [5.74, 6) is -1.32. The molecule has 0 aliphatic carbocycles. The van der Waals surface area contributed by atoms with Crippen molar-refractivity contribution in [2.45, 2.75) is 6.04 Å². The van der Waals surface area contributed by atoms with Gasteiger partial charge in [-0.15, -0.1) is 0 Å². The van der Waals surface area contributed by atoms with Crippen LogP contribution in [0.3, 0.4) is 0 Å². The molecule has 0 bridgehead atoms. The molecule has 0 spiro atoms. The van der Waals surface area contributed by atoms with E-state index in [0.717, 1.165) is 17.0 Å². The molecule has 3 amide bonds. The summed E-state index contributed by atoms with van der Waals surface area (Å²) >= 11 is 12.0. The first-order valence-electron chi connectivity index (χ1n) is 9.25. The molecule has 2 aromatic rings. The summed E-state index contributed by atoms with van der Waals surface area (Å²) in [5.41, 5.74) is 1.37. The molecule has 6 nitrogen and oxygen atoms in total. The molecular weight excluding hydrogens is 413 g/mol. The Hall–Kier alpha value is -2.41. The summed E-state index contributed by atoms with van der Waals surface area (Å²) in [6.07, 6.45) is 0. The molecule has 2 aliphatic heterocycles. The summed E-state index contributed by atoms with van der Waals surface area (Å²) in [7, 11) is 2.01. The molecule has 1 atom stereocenters. The Kier molecular flexibility index (Phi) is 5.34. The van der Waals surface area contributed by atoms with Gasteiger partial charge in [-0.1, -0.05) is 53.5 Å². The van der Waals surface area contributed by atoms with Crippen molar-refractivity contribution in [3.8, 4) is 0 Å². The molecule has 1 unspecified atom stereocenters. The highest BCUT2D eigenvalue weighted by Gasteiger charge is 2.39. The maximum atomic E-state index is 13.1. The van der Waals surface area contributed by atoms with Gasteiger partial charge in [-0.2, -0.15) is 0 Å². The van der Waals surface area contributed by atoms with Crippen molar-refractivity contribution in [2.75, 3.05) is 33.2 Å². The second kappa shape index (κ2) is 7.78. The standard InChI is InChI=1S/C21H19Cl2N3O3/c1-24-7-8-25(18(11-24)13-5-3-2-4-6-13)19(27)12-26-20(28)14-9-16(22)17(23)10-15(14)21(26)29/h2-6,9-10,18H,7-8,11-12H2,1H3. The van der Waals surface area contributed by atoms with E-state index in [-0.39, 0.29) is 39.7 Å². The zero-order valence-electron chi connectivity index (χ0n) is 15.8. The van der Waals surface area contributed by atoms with Crippen LogP contribution in [-0.4, -0.2) is 65.6 Å². The minimum Gasteiger partial charge on any atom is -0.332 e. The van der Waals surface area contributed by atoms with E-state index in [4.69, 9.17) is 23.2 Å². The van der Waals surface area contributed by atoms with Crippen LogP contribution in [0, 0.1) is 0 Å². The zero-order chi connectivity index (χ0) is 20.7. The van der Waals surface area contributed by atoms with Crippen molar-refractivity contribution in [3.05, 3.63) is 69.2 Å². The summed E-state index contributed by atoms with van der Waals surface area (Å²) in [6.45, 7) is 1.62. The quantitative estimate of drug-likeness (QED) is 0.700. The fourth-order valence-electron chi connectivity index (χ4n) is 3.83. The average Bonchev–Trinajstić information content (AvgIpc) is 2.93. The molecule has 0 saturated carbocycles. The van der Waals surface area contributed by atoms with Crippen LogP contribution >= 0.6 is 23.2 Å². The van der Waals surface area contributed by atoms with Crippen LogP contribution in [0.15, 0.2) is 42.5 Å². The largest absolute Gasteiger partial charge is 0.332 e. The van der Waals surface area contributed by atoms with Crippen LogP contribution < -0.4 is 0 Å². The SMILES string of the molecule is CN1CCN(C(=O)CN2C(=O)c3cc(Cl)c(Cl)cc3C2=O)C(c2ccccc2)C1. The normalized spacial score (nSPS) is 19.6. The molecule has 1 saturated heterocycles. The number of rotatable bonds is 3. The second-order valence-electron chi connectivity index (χ2n) is 7.28. The lowest BCUT2D eigenvalue weighted by Gasteiger charge is -2.40. The number of amides is 3. The minimum absolute atomic E-state index is 0.137. The number of fused-ring (bicyclic) bond motifs is 1. The Morgan fingerprint density at radius 2 is 1.59 bits per heavy atom. The van der Waals surface area contributed by atoms with E-state index in [1.165, 1.54) is 12.1 Å². The van der Waals surface area contributed by atoms with Crippen LogP contribution in [0.2, 0.25) is 10.0 Å². The number of halogens is 2. The van der Waals surface area contributed by atoms with Crippen molar-refractivity contribution < 1.29 is 14.4 Å². The Bertz CT molecular complexity index is 955. The van der Waals surface area contributed by atoms with Crippen molar-refractivity contribution in [3.63, 3.8) is 0 Å². The Morgan fingerprint density at radius 3 is 2.17 bits per heavy atom. The predicted octanol–water partition coefficient (Wildman–Crippen LogP) is 3.10. The van der Waals surface area contributed by atoms with Gasteiger partial charge >= 0.3 is 0 Å². The van der Waals surface area contributed by atoms with E-state index in [2.05, 4.69) is 4.90 Å². The number of hydrogen-bond donors (Lipinski definition) is 0. The van der Waals surface area contributed by atoms with Gasteiger partial charge in [0, 0.05) is 19.6 Å². The number of hydrogen-bond acceptors (Lipinski definition) is 4. The smallest absolute Gasteiger partial charge is 0.262 e. The second-order valence-corrected chi connectivity index (χ2v) is 8.10. The Morgan fingerprint density at radius 1 is 1.00 bits per heavy atom. The molecule has 0 aromatic heterocycles. The van der Waals surface area contributed by atoms with Gasteiger partial charge in [0.25, 0.3) is 11.8 Å². The van der Waals surface area contributed by atoms with Gasteiger partial charge in [0.1, 0.15) is 6.54 Å². The lowest BCUT2D eigenvalue weighted by atomic mass is 10.0. The van der Waals surface area contributed by atoms with Gasteiger partial charge in [0.2, 0.25) is 5.91 Å². The third kappa shape index (κ3) is 3.64. The number of piperazine rings is 1. The third-order valence-electron chi connectivity index (χ3n) is 5.39. The van der Waals surface area contributed by atoms with E-state index in [1.54, 1.807) is 4.90 Å². The number of imide groups is 1. The third-order valence-corrected chi connectivity index (χ3v) is 6.12. The van der Waals surface area contributed by atoms with Crippen LogP contribution in [-0.2, 0) is 4.79 Å². The van der Waals surface area contributed by atoms with Crippen molar-refractivity contribution in [1.29, 1.82) is 0 Å². The first-order chi connectivity index (χ1) is 13.9. The van der Waals surface area contributed by atoms with Crippen LogP contribution in [0.1, 0.15) is 32.3 Å². The maximum absolute atomic E-state index is 13.1. The van der Waals surface area contributed by atoms with Gasteiger partial charge in [-0.05, 0) is 24.7 Å². The molecule has 1 fully saturated rings. The van der Waals surface area contributed by atoms with Gasteiger partial charge in [-0.25, -0.2) is 0 Å². The van der Waals surface area contributed by atoms with Crippen LogP contribution in [0.25, 0.3) is 0 Å². The highest BCUT2D eigenvalue weighted by atomic mass is 35.5. The number of carbonyl (C=O) groups excluding carboxylic acids is 3. The fourth-order valence-corrected chi connectivity index (χ4v) is 4.16. The van der Waals surface area contributed by atoms with Crippen molar-refractivity contribution in [1.82, 2.24) is 14.7 Å². The van der Waals surface area contributed by atoms with Gasteiger partial charge in [-0.3, -0.25) is 19.3 Å². The molecule has 150 valence electrons. The number of carbonyl (C=O) groups is 3. The van der Waals surface area contributed by atoms with E-state index in [9.17, 15) is 14.4 Å². The molecule has 0 radical (unpaired) electrons. The molecule has 29 heavy (non-hydrogen) atoms. The van der Waals surface area contributed by atoms with Gasteiger partial charge in [0.15, 0.2) is 0 Å². The summed E-state index contributed by atoms with van der Waals surface area (Å²) in [4.78, 5) is 43.4. The minimum atomic E-state index is -0.526.